The first-order valence-electron chi connectivity index (χ1n) is 3.21. The van der Waals surface area contributed by atoms with Crippen molar-refractivity contribution in [3.05, 3.63) is 12.2 Å². The van der Waals surface area contributed by atoms with E-state index in [9.17, 15) is 0 Å². The molecule has 46 valence electrons. The van der Waals surface area contributed by atoms with Gasteiger partial charge in [-0.25, -0.2) is 0 Å². The van der Waals surface area contributed by atoms with Crippen LogP contribution in [0.15, 0.2) is 12.2 Å². The van der Waals surface area contributed by atoms with Gasteiger partial charge < -0.3 is 5.11 Å². The van der Waals surface area contributed by atoms with Crippen LogP contribution in [-0.2, 0) is 0 Å². The molecular weight excluding hydrogens is 100 g/mol. The lowest BCUT2D eigenvalue weighted by Gasteiger charge is -2.11. The first kappa shape index (κ1) is 5.83. The predicted octanol–water partition coefficient (Wildman–Crippen LogP) is 1.33. The number of aliphatic hydroxyl groups excluding tert-OH is 1. The fourth-order valence-corrected chi connectivity index (χ4v) is 1.03. The summed E-state index contributed by atoms with van der Waals surface area (Å²) in [6, 6.07) is 0. The van der Waals surface area contributed by atoms with E-state index in [1.165, 1.54) is 19.3 Å². The molecule has 0 aromatic heterocycles. The molecule has 1 unspecified atom stereocenters. The third-order valence-electron chi connectivity index (χ3n) is 1.59. The molecule has 0 radical (unpaired) electrons. The molecule has 0 saturated carbocycles. The quantitative estimate of drug-likeness (QED) is 0.507. The maximum absolute atomic E-state index is 8.64. The lowest BCUT2D eigenvalue weighted by Crippen LogP contribution is -2.04. The summed E-state index contributed by atoms with van der Waals surface area (Å²) in [4.78, 5) is 0. The van der Waals surface area contributed by atoms with E-state index in [1.807, 2.05) is 0 Å². The number of hydrogen-bond donors (Lipinski definition) is 1. The van der Waals surface area contributed by atoms with Gasteiger partial charge in [0.15, 0.2) is 0 Å². The summed E-state index contributed by atoms with van der Waals surface area (Å²) in [5, 5.41) is 8.64. The summed E-state index contributed by atoms with van der Waals surface area (Å²) < 4.78 is 0. The van der Waals surface area contributed by atoms with Crippen LogP contribution >= 0.6 is 0 Å². The van der Waals surface area contributed by atoms with Gasteiger partial charge in [-0.2, -0.15) is 0 Å². The highest BCUT2D eigenvalue weighted by Crippen LogP contribution is 2.15. The van der Waals surface area contributed by atoms with Gasteiger partial charge in [0.05, 0.1) is 0 Å². The molecule has 1 N–H and O–H groups in total. The second kappa shape index (κ2) is 2.88. The highest BCUT2D eigenvalue weighted by Gasteiger charge is 2.04. The Hall–Kier alpha value is -0.300. The summed E-state index contributed by atoms with van der Waals surface area (Å²) in [6.45, 7) is 0.330. The van der Waals surface area contributed by atoms with Crippen molar-refractivity contribution in [3.8, 4) is 0 Å². The van der Waals surface area contributed by atoms with Crippen LogP contribution in [-0.4, -0.2) is 11.7 Å². The van der Waals surface area contributed by atoms with Gasteiger partial charge in [-0.3, -0.25) is 0 Å². The lowest BCUT2D eigenvalue weighted by molar-refractivity contribution is 0.241. The zero-order valence-electron chi connectivity index (χ0n) is 5.01. The fourth-order valence-electron chi connectivity index (χ4n) is 1.03. The van der Waals surface area contributed by atoms with Gasteiger partial charge in [-0.15, -0.1) is 0 Å². The van der Waals surface area contributed by atoms with Crippen molar-refractivity contribution >= 4 is 0 Å². The van der Waals surface area contributed by atoms with Crippen LogP contribution in [0.1, 0.15) is 19.3 Å². The second-order valence-electron chi connectivity index (χ2n) is 2.30. The van der Waals surface area contributed by atoms with Crippen LogP contribution in [0.4, 0.5) is 0 Å². The Labute approximate surface area is 50.0 Å². The van der Waals surface area contributed by atoms with E-state index in [0.717, 1.165) is 0 Å². The third-order valence-corrected chi connectivity index (χ3v) is 1.59. The molecule has 8 heavy (non-hydrogen) atoms. The molecule has 1 nitrogen and oxygen atoms in total. The van der Waals surface area contributed by atoms with E-state index in [4.69, 9.17) is 5.11 Å². The molecule has 0 saturated heterocycles. The minimum Gasteiger partial charge on any atom is -0.396 e. The molecule has 1 atom stereocenters. The molecule has 1 heteroatoms. The van der Waals surface area contributed by atoms with Gasteiger partial charge in [0, 0.05) is 6.61 Å². The number of allylic oxidation sites excluding steroid dienone is 1. The maximum Gasteiger partial charge on any atom is 0.0493 e. The molecule has 0 bridgehead atoms. The first-order valence-corrected chi connectivity index (χ1v) is 3.21. The van der Waals surface area contributed by atoms with E-state index < -0.39 is 0 Å². The molecule has 1 aliphatic carbocycles. The molecule has 0 aliphatic heterocycles. The standard InChI is InChI=1S/C7H12O/c8-6-7-4-2-1-3-5-7/h2,4,7-8H,1,3,5-6H2. The average molecular weight is 112 g/mol. The van der Waals surface area contributed by atoms with Crippen molar-refractivity contribution < 1.29 is 5.11 Å². The van der Waals surface area contributed by atoms with Crippen molar-refractivity contribution in [2.45, 2.75) is 19.3 Å². The highest BCUT2D eigenvalue weighted by atomic mass is 16.3. The zero-order chi connectivity index (χ0) is 5.82. The molecular formula is C7H12O. The van der Waals surface area contributed by atoms with Crippen LogP contribution in [0, 0.1) is 5.92 Å². The minimum absolute atomic E-state index is 0.330. The number of rotatable bonds is 1. The molecule has 1 rings (SSSR count). The molecule has 0 aromatic rings. The van der Waals surface area contributed by atoms with Crippen molar-refractivity contribution in [2.75, 3.05) is 6.61 Å². The Balaban J connectivity index is 2.32. The summed E-state index contributed by atoms with van der Waals surface area (Å²) >= 11 is 0. The van der Waals surface area contributed by atoms with Crippen LogP contribution in [0.5, 0.6) is 0 Å². The Morgan fingerprint density at radius 1 is 1.62 bits per heavy atom. The molecule has 0 amide bonds. The molecule has 0 heterocycles. The Morgan fingerprint density at radius 3 is 2.88 bits per heavy atom. The largest absolute Gasteiger partial charge is 0.396 e. The van der Waals surface area contributed by atoms with Gasteiger partial charge in [0.1, 0.15) is 0 Å². The summed E-state index contributed by atoms with van der Waals surface area (Å²) in [6.07, 6.45) is 7.90. The van der Waals surface area contributed by atoms with Crippen LogP contribution in [0.25, 0.3) is 0 Å². The number of aliphatic hydroxyl groups is 1. The topological polar surface area (TPSA) is 20.2 Å². The van der Waals surface area contributed by atoms with Crippen LogP contribution in [0.2, 0.25) is 0 Å². The minimum atomic E-state index is 0.330. The van der Waals surface area contributed by atoms with E-state index in [0.29, 0.717) is 12.5 Å². The smallest absolute Gasteiger partial charge is 0.0493 e. The van der Waals surface area contributed by atoms with E-state index in [-0.39, 0.29) is 0 Å². The third kappa shape index (κ3) is 1.34. The Kier molecular flexibility index (Phi) is 2.10. The first-order chi connectivity index (χ1) is 3.93. The van der Waals surface area contributed by atoms with E-state index in [2.05, 4.69) is 12.2 Å². The predicted molar refractivity (Wildman–Crippen MR) is 33.6 cm³/mol. The second-order valence-corrected chi connectivity index (χ2v) is 2.30. The van der Waals surface area contributed by atoms with E-state index >= 15 is 0 Å². The van der Waals surface area contributed by atoms with Crippen LogP contribution < -0.4 is 0 Å². The van der Waals surface area contributed by atoms with Gasteiger partial charge in [-0.1, -0.05) is 12.2 Å². The molecule has 0 fully saturated rings. The van der Waals surface area contributed by atoms with Crippen molar-refractivity contribution in [3.63, 3.8) is 0 Å². The normalized spacial score (nSPS) is 28.4. The molecule has 0 spiro atoms. The SMILES string of the molecule is OCC1C=CCCC1. The fraction of sp³-hybridized carbons (Fsp3) is 0.714. The Morgan fingerprint density at radius 2 is 2.50 bits per heavy atom. The summed E-state index contributed by atoms with van der Waals surface area (Å²) in [5.41, 5.74) is 0. The van der Waals surface area contributed by atoms with Crippen molar-refractivity contribution in [1.29, 1.82) is 0 Å². The summed E-state index contributed by atoms with van der Waals surface area (Å²) in [5.74, 6) is 0.462. The monoisotopic (exact) mass is 112 g/mol. The van der Waals surface area contributed by atoms with Crippen molar-refractivity contribution in [1.82, 2.24) is 0 Å². The zero-order valence-corrected chi connectivity index (χ0v) is 5.01. The van der Waals surface area contributed by atoms with Gasteiger partial charge in [-0.05, 0) is 25.2 Å². The Bertz CT molecular complexity index is 86.4. The molecule has 0 aromatic carbocycles. The van der Waals surface area contributed by atoms with Gasteiger partial charge >= 0.3 is 0 Å². The van der Waals surface area contributed by atoms with Crippen LogP contribution in [0.3, 0.4) is 0 Å². The van der Waals surface area contributed by atoms with Crippen molar-refractivity contribution in [2.24, 2.45) is 5.92 Å². The lowest BCUT2D eigenvalue weighted by atomic mass is 9.97. The van der Waals surface area contributed by atoms with Gasteiger partial charge in [0.2, 0.25) is 0 Å². The van der Waals surface area contributed by atoms with Gasteiger partial charge in [0.25, 0.3) is 0 Å². The van der Waals surface area contributed by atoms with E-state index in [1.54, 1.807) is 0 Å². The maximum atomic E-state index is 8.64. The highest BCUT2D eigenvalue weighted by molar-refractivity contribution is 4.92. The number of hydrogen-bond acceptors (Lipinski definition) is 1. The summed E-state index contributed by atoms with van der Waals surface area (Å²) in [7, 11) is 0. The average Bonchev–Trinajstić information content (AvgIpc) is 1.90. The molecule has 1 aliphatic rings.